The molecule has 38 heavy (non-hydrogen) atoms. The molecule has 0 radical (unpaired) electrons. The number of hydrogen-bond donors (Lipinski definition) is 1. The number of hydrogen-bond acceptors (Lipinski definition) is 4. The average Bonchev–Trinajstić information content (AvgIpc) is 3.31. The van der Waals surface area contributed by atoms with Crippen molar-refractivity contribution in [2.45, 2.75) is 76.8 Å². The summed E-state index contributed by atoms with van der Waals surface area (Å²) in [6.45, 7) is 5.14. The lowest BCUT2D eigenvalue weighted by molar-refractivity contribution is 0.0853. The van der Waals surface area contributed by atoms with E-state index < -0.39 is 0 Å². The third-order valence-electron chi connectivity index (χ3n) is 9.56. The van der Waals surface area contributed by atoms with Crippen LogP contribution in [0.25, 0.3) is 5.57 Å². The predicted molar refractivity (Wildman–Crippen MR) is 152 cm³/mol. The maximum absolute atomic E-state index is 13.4. The number of nitrogens with two attached hydrogens (primary N) is 1. The molecule has 2 aromatic carbocycles. The van der Waals surface area contributed by atoms with E-state index in [4.69, 9.17) is 5.73 Å². The standard InChI is InChI=1S/C33H41N3O2/c34-33(38)25-8-6-24(7-9-25)21-35-15-14-27-19-26-10-11-28(20-30(26)31(27)22-35)32(37)18-23-12-16-36(17-13-23)29-4-2-1-3-5-29/h6-11,20,23,29H,1-5,12-19,21-22H2,(H2,34,38). The maximum atomic E-state index is 13.4. The summed E-state index contributed by atoms with van der Waals surface area (Å²) in [6.07, 6.45) is 12.1. The van der Waals surface area contributed by atoms with Crippen LogP contribution in [-0.2, 0) is 13.0 Å². The second-order valence-corrected chi connectivity index (χ2v) is 12.1. The number of benzene rings is 2. The first kappa shape index (κ1) is 25.5. The van der Waals surface area contributed by atoms with Gasteiger partial charge in [-0.25, -0.2) is 0 Å². The van der Waals surface area contributed by atoms with Gasteiger partial charge in [-0.15, -0.1) is 0 Å². The van der Waals surface area contributed by atoms with Crippen molar-refractivity contribution < 1.29 is 9.59 Å². The van der Waals surface area contributed by atoms with E-state index in [1.165, 1.54) is 67.5 Å². The van der Waals surface area contributed by atoms with E-state index in [9.17, 15) is 9.59 Å². The van der Waals surface area contributed by atoms with Crippen molar-refractivity contribution >= 4 is 17.3 Å². The molecule has 0 spiro atoms. The van der Waals surface area contributed by atoms with Gasteiger partial charge in [0.15, 0.2) is 5.78 Å². The van der Waals surface area contributed by atoms with Gasteiger partial charge in [0.1, 0.15) is 0 Å². The summed E-state index contributed by atoms with van der Waals surface area (Å²) >= 11 is 0. The number of piperidine rings is 1. The van der Waals surface area contributed by atoms with Crippen molar-refractivity contribution in [1.29, 1.82) is 0 Å². The normalized spacial score (nSPS) is 21.4. The monoisotopic (exact) mass is 511 g/mol. The van der Waals surface area contributed by atoms with Crippen molar-refractivity contribution in [3.05, 3.63) is 75.9 Å². The summed E-state index contributed by atoms with van der Waals surface area (Å²) in [5, 5.41) is 0. The van der Waals surface area contributed by atoms with Crippen LogP contribution >= 0.6 is 0 Å². The number of carbonyl (C=O) groups excluding carboxylic acids is 2. The Balaban J connectivity index is 1.07. The zero-order valence-corrected chi connectivity index (χ0v) is 22.6. The molecule has 200 valence electrons. The van der Waals surface area contributed by atoms with Crippen LogP contribution in [0.2, 0.25) is 0 Å². The lowest BCUT2D eigenvalue weighted by Gasteiger charge is -2.39. The zero-order valence-electron chi connectivity index (χ0n) is 22.6. The molecule has 0 bridgehead atoms. The second-order valence-electron chi connectivity index (χ2n) is 12.1. The molecule has 0 unspecified atom stereocenters. The number of nitrogens with zero attached hydrogens (tertiary/aromatic N) is 2. The molecule has 1 saturated carbocycles. The van der Waals surface area contributed by atoms with Crippen LogP contribution in [0.5, 0.6) is 0 Å². The fraction of sp³-hybridized carbons (Fsp3) is 0.515. The fourth-order valence-electron chi connectivity index (χ4n) is 7.26. The molecule has 5 nitrogen and oxygen atoms in total. The fourth-order valence-corrected chi connectivity index (χ4v) is 7.26. The molecule has 1 saturated heterocycles. The minimum absolute atomic E-state index is 0.320. The van der Waals surface area contributed by atoms with Gasteiger partial charge in [0.25, 0.3) is 0 Å². The molecule has 5 heteroatoms. The molecule has 2 aliphatic heterocycles. The number of rotatable bonds is 7. The molecule has 1 amide bonds. The number of Topliss-reactive ketones (excluding diaryl/α,β-unsaturated/α-hetero) is 1. The van der Waals surface area contributed by atoms with E-state index in [-0.39, 0.29) is 5.91 Å². The summed E-state index contributed by atoms with van der Waals surface area (Å²) in [5.41, 5.74) is 13.7. The highest BCUT2D eigenvalue weighted by atomic mass is 16.1. The maximum Gasteiger partial charge on any atom is 0.248 e. The Kier molecular flexibility index (Phi) is 7.49. The van der Waals surface area contributed by atoms with E-state index in [0.29, 0.717) is 23.7 Å². The molecule has 0 aromatic heterocycles. The first-order valence-corrected chi connectivity index (χ1v) is 14.8. The second kappa shape index (κ2) is 11.2. The lowest BCUT2D eigenvalue weighted by atomic mass is 9.86. The summed E-state index contributed by atoms with van der Waals surface area (Å²) in [7, 11) is 0. The molecular formula is C33H41N3O2. The van der Waals surface area contributed by atoms with Crippen molar-refractivity contribution in [3.63, 3.8) is 0 Å². The Bertz CT molecular complexity index is 1220. The number of fused-ring (bicyclic) bond motifs is 2. The molecule has 2 aromatic rings. The smallest absolute Gasteiger partial charge is 0.248 e. The molecule has 6 rings (SSSR count). The quantitative estimate of drug-likeness (QED) is 0.490. The number of ketones is 1. The highest BCUT2D eigenvalue weighted by Crippen LogP contribution is 2.39. The molecule has 2 N–H and O–H groups in total. The van der Waals surface area contributed by atoms with E-state index in [1.54, 1.807) is 5.57 Å². The molecule has 4 aliphatic rings. The zero-order chi connectivity index (χ0) is 26.1. The van der Waals surface area contributed by atoms with Crippen molar-refractivity contribution in [1.82, 2.24) is 9.80 Å². The van der Waals surface area contributed by atoms with Gasteiger partial charge in [-0.3, -0.25) is 14.5 Å². The van der Waals surface area contributed by atoms with Crippen LogP contribution in [-0.4, -0.2) is 53.7 Å². The lowest BCUT2D eigenvalue weighted by Crippen LogP contribution is -2.42. The van der Waals surface area contributed by atoms with Crippen LogP contribution in [0, 0.1) is 5.92 Å². The number of likely N-dealkylation sites (tertiary alicyclic amines) is 1. The van der Waals surface area contributed by atoms with Gasteiger partial charge < -0.3 is 10.6 Å². The van der Waals surface area contributed by atoms with E-state index >= 15 is 0 Å². The van der Waals surface area contributed by atoms with Crippen LogP contribution in [0.3, 0.4) is 0 Å². The minimum Gasteiger partial charge on any atom is -0.366 e. The molecule has 0 atom stereocenters. The average molecular weight is 512 g/mol. The summed E-state index contributed by atoms with van der Waals surface area (Å²) in [4.78, 5) is 29.9. The van der Waals surface area contributed by atoms with Crippen LogP contribution in [0.4, 0.5) is 0 Å². The Labute approximate surface area is 227 Å². The van der Waals surface area contributed by atoms with E-state index in [0.717, 1.165) is 56.9 Å². The van der Waals surface area contributed by atoms with Gasteiger partial charge in [0.2, 0.25) is 5.91 Å². The largest absolute Gasteiger partial charge is 0.366 e. The van der Waals surface area contributed by atoms with Crippen molar-refractivity contribution in [2.24, 2.45) is 11.7 Å². The topological polar surface area (TPSA) is 66.6 Å². The van der Waals surface area contributed by atoms with Gasteiger partial charge in [0.05, 0.1) is 0 Å². The predicted octanol–water partition coefficient (Wildman–Crippen LogP) is 5.62. The minimum atomic E-state index is -0.387. The van der Waals surface area contributed by atoms with Crippen LogP contribution in [0.1, 0.15) is 95.2 Å². The molecule has 2 fully saturated rings. The SMILES string of the molecule is NC(=O)c1ccc(CN2CCC3=C(C2)c2cc(C(=O)CC4CCN(C5CCCCC5)CC4)ccc2C3)cc1. The van der Waals surface area contributed by atoms with Crippen molar-refractivity contribution in [2.75, 3.05) is 26.2 Å². The van der Waals surface area contributed by atoms with Crippen LogP contribution < -0.4 is 5.73 Å². The Morgan fingerprint density at radius 2 is 1.61 bits per heavy atom. The van der Waals surface area contributed by atoms with E-state index in [2.05, 4.69) is 28.0 Å². The number of amides is 1. The van der Waals surface area contributed by atoms with Gasteiger partial charge in [-0.2, -0.15) is 0 Å². The van der Waals surface area contributed by atoms with Gasteiger partial charge >= 0.3 is 0 Å². The Morgan fingerprint density at radius 1 is 0.868 bits per heavy atom. The Morgan fingerprint density at radius 3 is 2.34 bits per heavy atom. The van der Waals surface area contributed by atoms with Gasteiger partial charge in [0, 0.05) is 43.2 Å². The first-order chi connectivity index (χ1) is 18.5. The third kappa shape index (κ3) is 5.50. The van der Waals surface area contributed by atoms with Gasteiger partial charge in [-0.1, -0.05) is 49.1 Å². The molecular weight excluding hydrogens is 470 g/mol. The summed E-state index contributed by atoms with van der Waals surface area (Å²) < 4.78 is 0. The molecule has 2 aliphatic carbocycles. The van der Waals surface area contributed by atoms with Gasteiger partial charge in [-0.05, 0) is 98.0 Å². The first-order valence-electron chi connectivity index (χ1n) is 14.8. The highest BCUT2D eigenvalue weighted by Gasteiger charge is 2.30. The number of carbonyl (C=O) groups is 2. The van der Waals surface area contributed by atoms with Crippen LogP contribution in [0.15, 0.2) is 48.0 Å². The Hall–Kier alpha value is -2.76. The highest BCUT2D eigenvalue weighted by molar-refractivity contribution is 5.97. The number of primary amides is 1. The van der Waals surface area contributed by atoms with Crippen molar-refractivity contribution in [3.8, 4) is 0 Å². The summed E-state index contributed by atoms with van der Waals surface area (Å²) in [5.74, 6) is 0.457. The third-order valence-corrected chi connectivity index (χ3v) is 9.56. The molecule has 2 heterocycles. The van der Waals surface area contributed by atoms with E-state index in [1.807, 2.05) is 24.3 Å². The summed E-state index contributed by atoms with van der Waals surface area (Å²) in [6, 6.07) is 14.9.